The quantitative estimate of drug-likeness (QED) is 0.786. The van der Waals surface area contributed by atoms with Gasteiger partial charge in [-0.1, -0.05) is 6.07 Å². The predicted octanol–water partition coefficient (Wildman–Crippen LogP) is 4.08. The molecule has 3 heterocycles. The van der Waals surface area contributed by atoms with Crippen LogP contribution in [0.25, 0.3) is 10.2 Å². The molecule has 0 fully saturated rings. The Morgan fingerprint density at radius 3 is 2.95 bits per heavy atom. The molecule has 98 valence electrons. The second-order valence-corrected chi connectivity index (χ2v) is 6.62. The summed E-state index contributed by atoms with van der Waals surface area (Å²) in [5, 5.41) is 6.57. The third-order valence-electron chi connectivity index (χ3n) is 2.82. The van der Waals surface area contributed by atoms with Crippen LogP contribution in [0.2, 0.25) is 0 Å². The minimum absolute atomic E-state index is 0.808. The van der Waals surface area contributed by atoms with E-state index in [2.05, 4.69) is 52.7 Å². The molecule has 0 amide bonds. The van der Waals surface area contributed by atoms with Crippen LogP contribution in [-0.2, 0) is 6.42 Å². The molecule has 0 aliphatic carbocycles. The highest BCUT2D eigenvalue weighted by molar-refractivity contribution is 7.18. The summed E-state index contributed by atoms with van der Waals surface area (Å²) in [6.45, 7) is 5.08. The lowest BCUT2D eigenvalue weighted by atomic mass is 10.3. The highest BCUT2D eigenvalue weighted by atomic mass is 32.1. The molecule has 1 N–H and O–H groups in total. The number of nitrogens with one attached hydrogen (secondary N) is 1. The molecule has 0 aromatic carbocycles. The summed E-state index contributed by atoms with van der Waals surface area (Å²) < 4.78 is 0. The van der Waals surface area contributed by atoms with E-state index < -0.39 is 0 Å². The van der Waals surface area contributed by atoms with E-state index in [1.807, 2.05) is 0 Å². The highest BCUT2D eigenvalue weighted by Crippen LogP contribution is 2.29. The van der Waals surface area contributed by atoms with Gasteiger partial charge in [0.1, 0.15) is 16.5 Å². The average Bonchev–Trinajstić information content (AvgIpc) is 2.98. The first-order valence-corrected chi connectivity index (χ1v) is 7.99. The van der Waals surface area contributed by atoms with Gasteiger partial charge >= 0.3 is 0 Å². The predicted molar refractivity (Wildman–Crippen MR) is 83.4 cm³/mol. The zero-order chi connectivity index (χ0) is 13.2. The second kappa shape index (κ2) is 5.27. The van der Waals surface area contributed by atoms with E-state index >= 15 is 0 Å². The molecule has 0 aliphatic rings. The Labute approximate surface area is 120 Å². The van der Waals surface area contributed by atoms with Crippen LogP contribution in [0.3, 0.4) is 0 Å². The zero-order valence-electron chi connectivity index (χ0n) is 10.9. The van der Waals surface area contributed by atoms with E-state index in [4.69, 9.17) is 0 Å². The normalized spacial score (nSPS) is 11.1. The Morgan fingerprint density at radius 2 is 2.21 bits per heavy atom. The van der Waals surface area contributed by atoms with Crippen molar-refractivity contribution in [2.75, 3.05) is 11.9 Å². The van der Waals surface area contributed by atoms with Gasteiger partial charge in [0, 0.05) is 22.7 Å². The molecule has 0 atom stereocenters. The molecule has 0 bridgehead atoms. The van der Waals surface area contributed by atoms with Gasteiger partial charge in [0.15, 0.2) is 0 Å². The first kappa shape index (κ1) is 12.6. The van der Waals surface area contributed by atoms with Gasteiger partial charge in [-0.3, -0.25) is 0 Å². The lowest BCUT2D eigenvalue weighted by Gasteiger charge is -2.06. The van der Waals surface area contributed by atoms with Crippen molar-refractivity contribution in [1.29, 1.82) is 0 Å². The Bertz CT molecular complexity index is 686. The standard InChI is InChI=1S/C14H15N3S2/c1-3-15-13-11-7-9(2)19-14(11)17-12(16-13)8-10-5-4-6-18-10/h4-7H,3,8H2,1-2H3,(H,15,16,17). The summed E-state index contributed by atoms with van der Waals surface area (Å²) in [4.78, 5) is 13.0. The van der Waals surface area contributed by atoms with Crippen LogP contribution < -0.4 is 5.32 Å². The third-order valence-corrected chi connectivity index (χ3v) is 4.64. The highest BCUT2D eigenvalue weighted by Gasteiger charge is 2.10. The molecule has 0 radical (unpaired) electrons. The molecule has 0 saturated carbocycles. The summed E-state index contributed by atoms with van der Waals surface area (Å²) >= 11 is 3.48. The van der Waals surface area contributed by atoms with Gasteiger partial charge in [0.25, 0.3) is 0 Å². The van der Waals surface area contributed by atoms with Gasteiger partial charge in [-0.05, 0) is 31.4 Å². The number of rotatable bonds is 4. The Morgan fingerprint density at radius 1 is 1.32 bits per heavy atom. The maximum absolute atomic E-state index is 4.69. The average molecular weight is 289 g/mol. The lowest BCUT2D eigenvalue weighted by Crippen LogP contribution is -2.04. The van der Waals surface area contributed by atoms with Crippen LogP contribution >= 0.6 is 22.7 Å². The van der Waals surface area contributed by atoms with Gasteiger partial charge in [-0.2, -0.15) is 0 Å². The van der Waals surface area contributed by atoms with Gasteiger partial charge in [-0.15, -0.1) is 22.7 Å². The largest absolute Gasteiger partial charge is 0.370 e. The van der Waals surface area contributed by atoms with E-state index in [1.165, 1.54) is 9.75 Å². The third kappa shape index (κ3) is 2.62. The molecule has 3 rings (SSSR count). The van der Waals surface area contributed by atoms with Crippen LogP contribution in [0.1, 0.15) is 22.5 Å². The fourth-order valence-corrected chi connectivity index (χ4v) is 3.64. The number of thiophene rings is 2. The van der Waals surface area contributed by atoms with Gasteiger partial charge < -0.3 is 5.32 Å². The lowest BCUT2D eigenvalue weighted by molar-refractivity contribution is 1.00. The topological polar surface area (TPSA) is 37.8 Å². The van der Waals surface area contributed by atoms with E-state index in [-0.39, 0.29) is 0 Å². The molecule has 5 heteroatoms. The van der Waals surface area contributed by atoms with Crippen LogP contribution in [0.15, 0.2) is 23.6 Å². The minimum Gasteiger partial charge on any atom is -0.370 e. The van der Waals surface area contributed by atoms with Crippen molar-refractivity contribution < 1.29 is 0 Å². The zero-order valence-corrected chi connectivity index (χ0v) is 12.6. The fourth-order valence-electron chi connectivity index (χ4n) is 2.04. The molecular formula is C14H15N3S2. The number of anilines is 1. The Hall–Kier alpha value is -1.46. The monoisotopic (exact) mass is 289 g/mol. The van der Waals surface area contributed by atoms with Crippen molar-refractivity contribution in [1.82, 2.24) is 9.97 Å². The Kier molecular flexibility index (Phi) is 3.48. The van der Waals surface area contributed by atoms with Crippen molar-refractivity contribution in [2.24, 2.45) is 0 Å². The summed E-state index contributed by atoms with van der Waals surface area (Å²) in [6, 6.07) is 6.36. The van der Waals surface area contributed by atoms with Crippen molar-refractivity contribution in [3.63, 3.8) is 0 Å². The molecule has 0 aliphatic heterocycles. The molecule has 0 unspecified atom stereocenters. The number of hydrogen-bond donors (Lipinski definition) is 1. The maximum Gasteiger partial charge on any atom is 0.138 e. The Balaban J connectivity index is 2.05. The molecule has 19 heavy (non-hydrogen) atoms. The summed E-state index contributed by atoms with van der Waals surface area (Å²) in [6.07, 6.45) is 0.808. The summed E-state index contributed by atoms with van der Waals surface area (Å²) in [7, 11) is 0. The first-order valence-electron chi connectivity index (χ1n) is 6.29. The molecule has 3 aromatic heterocycles. The molecule has 0 spiro atoms. The van der Waals surface area contributed by atoms with E-state index in [0.29, 0.717) is 0 Å². The number of fused-ring (bicyclic) bond motifs is 1. The van der Waals surface area contributed by atoms with Crippen LogP contribution in [0, 0.1) is 6.92 Å². The molecule has 0 saturated heterocycles. The molecule has 3 aromatic rings. The van der Waals surface area contributed by atoms with Crippen molar-refractivity contribution in [2.45, 2.75) is 20.3 Å². The molecule has 3 nitrogen and oxygen atoms in total. The smallest absolute Gasteiger partial charge is 0.138 e. The number of aromatic nitrogens is 2. The minimum atomic E-state index is 0.808. The van der Waals surface area contributed by atoms with Crippen LogP contribution in [-0.4, -0.2) is 16.5 Å². The SMILES string of the molecule is CCNc1nc(Cc2cccs2)nc2sc(C)cc12. The van der Waals surface area contributed by atoms with Gasteiger partial charge in [0.2, 0.25) is 0 Å². The number of hydrogen-bond acceptors (Lipinski definition) is 5. The second-order valence-electron chi connectivity index (χ2n) is 4.35. The first-order chi connectivity index (χ1) is 9.26. The number of nitrogens with zero attached hydrogens (tertiary/aromatic N) is 2. The fraction of sp³-hybridized carbons (Fsp3) is 0.286. The molecular weight excluding hydrogens is 274 g/mol. The van der Waals surface area contributed by atoms with Gasteiger partial charge in [-0.25, -0.2) is 9.97 Å². The van der Waals surface area contributed by atoms with Crippen molar-refractivity contribution >= 4 is 38.7 Å². The van der Waals surface area contributed by atoms with E-state index in [9.17, 15) is 0 Å². The van der Waals surface area contributed by atoms with Crippen molar-refractivity contribution in [3.8, 4) is 0 Å². The summed E-state index contributed by atoms with van der Waals surface area (Å²) in [5.41, 5.74) is 0. The van der Waals surface area contributed by atoms with Gasteiger partial charge in [0.05, 0.1) is 5.39 Å². The van der Waals surface area contributed by atoms with Crippen molar-refractivity contribution in [3.05, 3.63) is 39.2 Å². The van der Waals surface area contributed by atoms with Crippen LogP contribution in [0.5, 0.6) is 0 Å². The van der Waals surface area contributed by atoms with Crippen LogP contribution in [0.4, 0.5) is 5.82 Å². The summed E-state index contributed by atoms with van der Waals surface area (Å²) in [5.74, 6) is 1.86. The van der Waals surface area contributed by atoms with E-state index in [0.717, 1.165) is 34.8 Å². The number of aryl methyl sites for hydroxylation is 1. The van der Waals surface area contributed by atoms with E-state index in [1.54, 1.807) is 22.7 Å². The maximum atomic E-state index is 4.69.